The van der Waals surface area contributed by atoms with Crippen molar-refractivity contribution in [2.45, 2.75) is 51.4 Å². The summed E-state index contributed by atoms with van der Waals surface area (Å²) >= 11 is 0. The van der Waals surface area contributed by atoms with E-state index in [2.05, 4.69) is 10.3 Å². The molecule has 0 spiro atoms. The molecular weight excluding hydrogens is 507 g/mol. The van der Waals surface area contributed by atoms with Crippen LogP contribution in [0.5, 0.6) is 0 Å². The number of methoxy groups -OCH3 is 1. The van der Waals surface area contributed by atoms with E-state index in [-0.39, 0.29) is 29.4 Å². The van der Waals surface area contributed by atoms with Crippen LogP contribution in [0.1, 0.15) is 54.2 Å². The van der Waals surface area contributed by atoms with Crippen LogP contribution in [-0.2, 0) is 22.3 Å². The van der Waals surface area contributed by atoms with E-state index in [1.165, 1.54) is 7.11 Å². The molecule has 2 heterocycles. The van der Waals surface area contributed by atoms with Crippen molar-refractivity contribution in [1.29, 1.82) is 0 Å². The zero-order valence-corrected chi connectivity index (χ0v) is 21.8. The molecule has 4 aromatic rings. The molecule has 1 fully saturated rings. The molecule has 1 atom stereocenters. The molecule has 6 nitrogen and oxygen atoms in total. The lowest BCUT2D eigenvalue weighted by molar-refractivity contribution is -0.147. The molecule has 204 valence electrons. The third-order valence-corrected chi connectivity index (χ3v) is 7.79. The van der Waals surface area contributed by atoms with Crippen LogP contribution in [0, 0.1) is 11.8 Å². The van der Waals surface area contributed by atoms with Crippen molar-refractivity contribution in [2.75, 3.05) is 7.11 Å². The Morgan fingerprint density at radius 2 is 1.79 bits per heavy atom. The number of alkyl halides is 3. The van der Waals surface area contributed by atoms with Crippen LogP contribution < -0.4 is 5.32 Å². The number of rotatable bonds is 6. The highest BCUT2D eigenvalue weighted by atomic mass is 19.4. The lowest BCUT2D eigenvalue weighted by atomic mass is 9.79. The first kappa shape index (κ1) is 26.7. The monoisotopic (exact) mass is 537 g/mol. The van der Waals surface area contributed by atoms with Gasteiger partial charge in [0, 0.05) is 23.0 Å². The summed E-state index contributed by atoms with van der Waals surface area (Å²) in [5, 5.41) is 4.27. The van der Waals surface area contributed by atoms with Crippen LogP contribution in [-0.4, -0.2) is 34.6 Å². The van der Waals surface area contributed by atoms with E-state index in [1.54, 1.807) is 16.8 Å². The van der Waals surface area contributed by atoms with Crippen molar-refractivity contribution in [1.82, 2.24) is 14.9 Å². The van der Waals surface area contributed by atoms with Crippen molar-refractivity contribution in [3.8, 4) is 0 Å². The Morgan fingerprint density at radius 3 is 2.51 bits per heavy atom. The van der Waals surface area contributed by atoms with Gasteiger partial charge in [-0.2, -0.15) is 13.2 Å². The summed E-state index contributed by atoms with van der Waals surface area (Å²) in [7, 11) is 1.37. The van der Waals surface area contributed by atoms with E-state index < -0.39 is 17.6 Å². The van der Waals surface area contributed by atoms with Gasteiger partial charge in [-0.1, -0.05) is 24.3 Å². The molecule has 39 heavy (non-hydrogen) atoms. The molecule has 1 unspecified atom stereocenters. The van der Waals surface area contributed by atoms with Gasteiger partial charge in [0.25, 0.3) is 5.91 Å². The molecule has 2 aromatic heterocycles. The largest absolute Gasteiger partial charge is 0.469 e. The Kier molecular flexibility index (Phi) is 7.34. The van der Waals surface area contributed by atoms with Crippen LogP contribution in [0.25, 0.3) is 21.8 Å². The Labute approximate surface area is 224 Å². The lowest BCUT2D eigenvalue weighted by Gasteiger charge is -2.31. The van der Waals surface area contributed by atoms with Gasteiger partial charge in [-0.05, 0) is 68.9 Å². The maximum absolute atomic E-state index is 13.8. The number of benzene rings is 2. The molecule has 1 N–H and O–H groups in total. The summed E-state index contributed by atoms with van der Waals surface area (Å²) in [4.78, 5) is 30.0. The molecule has 0 bridgehead atoms. The maximum Gasteiger partial charge on any atom is 0.416 e. The van der Waals surface area contributed by atoms with Crippen LogP contribution in [0.3, 0.4) is 0 Å². The van der Waals surface area contributed by atoms with E-state index in [0.717, 1.165) is 41.6 Å². The first-order valence-corrected chi connectivity index (χ1v) is 13.1. The number of pyridine rings is 1. The van der Waals surface area contributed by atoms with Crippen LogP contribution in [0.4, 0.5) is 13.2 Å². The van der Waals surface area contributed by atoms with Crippen molar-refractivity contribution in [3.05, 3.63) is 77.6 Å². The fourth-order valence-electron chi connectivity index (χ4n) is 5.61. The molecule has 5 rings (SSSR count). The van der Waals surface area contributed by atoms with Gasteiger partial charge in [-0.25, -0.2) is 0 Å². The molecule has 1 amide bonds. The van der Waals surface area contributed by atoms with E-state index >= 15 is 0 Å². The molecule has 1 aliphatic rings. The molecule has 9 heteroatoms. The Balaban J connectivity index is 1.43. The summed E-state index contributed by atoms with van der Waals surface area (Å²) in [6, 6.07) is 14.9. The highest BCUT2D eigenvalue weighted by Crippen LogP contribution is 2.35. The van der Waals surface area contributed by atoms with Crippen LogP contribution >= 0.6 is 0 Å². The number of fused-ring (bicyclic) bond motifs is 2. The highest BCUT2D eigenvalue weighted by Gasteiger charge is 2.34. The van der Waals surface area contributed by atoms with E-state index in [4.69, 9.17) is 4.74 Å². The number of esters is 1. The van der Waals surface area contributed by atoms with Crippen LogP contribution in [0.2, 0.25) is 0 Å². The predicted molar refractivity (Wildman–Crippen MR) is 142 cm³/mol. The van der Waals surface area contributed by atoms with Gasteiger partial charge in [0.05, 0.1) is 47.4 Å². The lowest BCUT2D eigenvalue weighted by Crippen LogP contribution is -2.40. The number of nitrogens with one attached hydrogen (secondary N) is 1. The smallest absolute Gasteiger partial charge is 0.416 e. The number of carbonyl (C=O) groups is 2. The summed E-state index contributed by atoms with van der Waals surface area (Å²) < 4.78 is 47.9. The Hall–Kier alpha value is -3.88. The van der Waals surface area contributed by atoms with E-state index in [1.807, 2.05) is 43.3 Å². The van der Waals surface area contributed by atoms with Gasteiger partial charge in [0.2, 0.25) is 0 Å². The second-order valence-electron chi connectivity index (χ2n) is 10.3. The standard InChI is InChI=1S/C30H30F3N3O3/c1-18(19-7-9-21(10-8-19)29(38)39-2)34-28(37)25-16-23(30(31,32)33)15-22-13-14-36(27(22)25)17-24-12-11-20-5-3-4-6-26(20)35-24/h3-6,11-16,18-19,21H,7-10,17H2,1-2H3,(H,34,37)/t18?,19-,21-. The first-order chi connectivity index (χ1) is 18.6. The molecule has 2 aromatic carbocycles. The first-order valence-electron chi connectivity index (χ1n) is 13.1. The van der Waals surface area contributed by atoms with Crippen molar-refractivity contribution in [2.24, 2.45) is 11.8 Å². The van der Waals surface area contributed by atoms with Gasteiger partial charge >= 0.3 is 12.1 Å². The molecule has 1 saturated carbocycles. The van der Waals surface area contributed by atoms with Gasteiger partial charge in [0.1, 0.15) is 0 Å². The van der Waals surface area contributed by atoms with Gasteiger partial charge < -0.3 is 14.6 Å². The minimum atomic E-state index is -4.59. The van der Waals surface area contributed by atoms with Crippen molar-refractivity contribution in [3.63, 3.8) is 0 Å². The van der Waals surface area contributed by atoms with Gasteiger partial charge in [-0.15, -0.1) is 0 Å². The molecule has 0 aliphatic heterocycles. The summed E-state index contributed by atoms with van der Waals surface area (Å²) in [6.45, 7) is 2.16. The normalized spacial score (nSPS) is 18.7. The number of nitrogens with zero attached hydrogens (tertiary/aromatic N) is 2. The third-order valence-electron chi connectivity index (χ3n) is 7.79. The molecule has 0 radical (unpaired) electrons. The average Bonchev–Trinajstić information content (AvgIpc) is 3.34. The number of halogens is 3. The number of ether oxygens (including phenoxy) is 1. The van der Waals surface area contributed by atoms with Gasteiger partial charge in [-0.3, -0.25) is 14.6 Å². The quantitative estimate of drug-likeness (QED) is 0.291. The minimum absolute atomic E-state index is 0.0271. The SMILES string of the molecule is COC(=O)[C@H]1CC[C@H](C(C)NC(=O)c2cc(C(F)(F)F)cc3ccn(Cc4ccc5ccccc5n4)c23)CC1. The summed E-state index contributed by atoms with van der Waals surface area (Å²) in [5.41, 5.74) is 1.08. The van der Waals surface area contributed by atoms with Crippen molar-refractivity contribution < 1.29 is 27.5 Å². The Morgan fingerprint density at radius 1 is 1.05 bits per heavy atom. The zero-order chi connectivity index (χ0) is 27.7. The van der Waals surface area contributed by atoms with E-state index in [9.17, 15) is 22.8 Å². The van der Waals surface area contributed by atoms with Crippen molar-refractivity contribution >= 4 is 33.7 Å². The zero-order valence-electron chi connectivity index (χ0n) is 21.8. The highest BCUT2D eigenvalue weighted by molar-refractivity contribution is 6.06. The Bertz CT molecular complexity index is 1520. The molecule has 1 aliphatic carbocycles. The molecule has 0 saturated heterocycles. The number of hydrogen-bond acceptors (Lipinski definition) is 4. The fourth-order valence-corrected chi connectivity index (χ4v) is 5.61. The molecular formula is C30H30F3N3O3. The fraction of sp³-hybridized carbons (Fsp3) is 0.367. The topological polar surface area (TPSA) is 73.2 Å². The number of carbonyl (C=O) groups excluding carboxylic acids is 2. The maximum atomic E-state index is 13.8. The number of aromatic nitrogens is 2. The average molecular weight is 538 g/mol. The number of hydrogen-bond donors (Lipinski definition) is 1. The van der Waals surface area contributed by atoms with Crippen LogP contribution in [0.15, 0.2) is 60.8 Å². The second kappa shape index (κ2) is 10.7. The number of amides is 1. The predicted octanol–water partition coefficient (Wildman–Crippen LogP) is 6.35. The van der Waals surface area contributed by atoms with E-state index in [0.29, 0.717) is 30.3 Å². The van der Waals surface area contributed by atoms with Gasteiger partial charge in [0.15, 0.2) is 0 Å². The third kappa shape index (κ3) is 5.62. The second-order valence-corrected chi connectivity index (χ2v) is 10.3. The number of para-hydroxylation sites is 1. The summed E-state index contributed by atoms with van der Waals surface area (Å²) in [5.74, 6) is -0.813. The summed E-state index contributed by atoms with van der Waals surface area (Å²) in [6.07, 6.45) is -0.133. The minimum Gasteiger partial charge on any atom is -0.469 e.